The van der Waals surface area contributed by atoms with Gasteiger partial charge in [-0.3, -0.25) is 0 Å². The van der Waals surface area contributed by atoms with Crippen LogP contribution in [0.5, 0.6) is 0 Å². The maximum Gasteiger partial charge on any atom is 0.0757 e. The van der Waals surface area contributed by atoms with Gasteiger partial charge in [-0.1, -0.05) is 45.7 Å². The second-order valence-electron chi connectivity index (χ2n) is 3.16. The predicted molar refractivity (Wildman–Crippen MR) is 81.9 cm³/mol. The third kappa shape index (κ3) is 2.72. The summed E-state index contributed by atoms with van der Waals surface area (Å²) in [6, 6.07) is 9.95. The first kappa shape index (κ1) is 13.1. The molecule has 1 atom stereocenters. The second-order valence-corrected chi connectivity index (χ2v) is 8.24. The molecule has 1 unspecified atom stereocenters. The number of hydrogen-bond acceptors (Lipinski definition) is 1. The lowest BCUT2D eigenvalue weighted by molar-refractivity contribution is 1.18. The van der Waals surface area contributed by atoms with E-state index in [1.54, 1.807) is 11.3 Å². The smallest absolute Gasteiger partial charge is 0.0757 e. The number of rotatable bonds is 2. The van der Waals surface area contributed by atoms with Crippen molar-refractivity contribution < 1.29 is 0 Å². The van der Waals surface area contributed by atoms with E-state index < -0.39 is 0 Å². The minimum absolute atomic E-state index is 0.109. The highest BCUT2D eigenvalue weighted by atomic mass is 79.9. The molecule has 16 heavy (non-hydrogen) atoms. The molecule has 0 nitrogen and oxygen atoms in total. The van der Waals surface area contributed by atoms with Gasteiger partial charge in [-0.05, 0) is 55.1 Å². The fourth-order valence-corrected chi connectivity index (χ4v) is 5.87. The highest BCUT2D eigenvalue weighted by Gasteiger charge is 2.18. The van der Waals surface area contributed by atoms with Crippen LogP contribution in [0.1, 0.15) is 16.0 Å². The van der Waals surface area contributed by atoms with E-state index in [9.17, 15) is 0 Å². The van der Waals surface area contributed by atoms with Crippen LogP contribution in [-0.4, -0.2) is 0 Å². The molecule has 0 spiro atoms. The highest BCUT2D eigenvalue weighted by Crippen LogP contribution is 2.43. The third-order valence-electron chi connectivity index (χ3n) is 2.13. The van der Waals surface area contributed by atoms with Crippen LogP contribution in [-0.2, 0) is 0 Å². The average molecular weight is 445 g/mol. The Morgan fingerprint density at radius 3 is 2.38 bits per heavy atom. The van der Waals surface area contributed by atoms with Crippen molar-refractivity contribution in [2.75, 3.05) is 0 Å². The van der Waals surface area contributed by atoms with Crippen LogP contribution < -0.4 is 0 Å². The Morgan fingerprint density at radius 1 is 1.12 bits per heavy atom. The van der Waals surface area contributed by atoms with Crippen LogP contribution in [0, 0.1) is 0 Å². The van der Waals surface area contributed by atoms with Gasteiger partial charge in [0.2, 0.25) is 0 Å². The van der Waals surface area contributed by atoms with Crippen molar-refractivity contribution >= 4 is 70.7 Å². The van der Waals surface area contributed by atoms with Gasteiger partial charge in [0.05, 0.1) is 12.4 Å². The number of alkyl halides is 1. The van der Waals surface area contributed by atoms with Crippen LogP contribution in [0.2, 0.25) is 5.02 Å². The summed E-state index contributed by atoms with van der Waals surface area (Å²) in [7, 11) is 0. The Hall–Kier alpha value is 0.650. The molecule has 0 saturated heterocycles. The van der Waals surface area contributed by atoms with E-state index in [-0.39, 0.29) is 4.83 Å². The molecule has 1 aromatic heterocycles. The van der Waals surface area contributed by atoms with Crippen molar-refractivity contribution in [1.82, 2.24) is 0 Å². The van der Waals surface area contributed by atoms with Crippen molar-refractivity contribution in [1.29, 1.82) is 0 Å². The molecule has 0 aliphatic carbocycles. The van der Waals surface area contributed by atoms with Crippen molar-refractivity contribution in [3.8, 4) is 0 Å². The van der Waals surface area contributed by atoms with Gasteiger partial charge in [0.1, 0.15) is 0 Å². The Labute approximate surface area is 128 Å². The predicted octanol–water partition coefficient (Wildman–Crippen LogP) is 6.41. The molecule has 0 bridgehead atoms. The molecular weight excluding hydrogens is 439 g/mol. The number of hydrogen-bond donors (Lipinski definition) is 0. The first-order valence-corrected chi connectivity index (χ1v) is 8.12. The van der Waals surface area contributed by atoms with Crippen LogP contribution in [0.3, 0.4) is 0 Å². The Balaban J connectivity index is 2.43. The van der Waals surface area contributed by atoms with E-state index in [0.717, 1.165) is 18.2 Å². The minimum Gasteiger partial charge on any atom is -0.121 e. The fraction of sp³-hybridized carbons (Fsp3) is 0.0909. The van der Waals surface area contributed by atoms with Gasteiger partial charge in [-0.2, -0.15) is 0 Å². The van der Waals surface area contributed by atoms with Gasteiger partial charge in [0, 0.05) is 5.02 Å². The topological polar surface area (TPSA) is 0 Å². The van der Waals surface area contributed by atoms with Gasteiger partial charge in [-0.15, -0.1) is 11.3 Å². The lowest BCUT2D eigenvalue weighted by atomic mass is 10.1. The quantitative estimate of drug-likeness (QED) is 0.469. The Morgan fingerprint density at radius 2 is 1.81 bits per heavy atom. The van der Waals surface area contributed by atoms with Gasteiger partial charge < -0.3 is 0 Å². The maximum atomic E-state index is 6.17. The summed E-state index contributed by atoms with van der Waals surface area (Å²) < 4.78 is 2.21. The van der Waals surface area contributed by atoms with E-state index in [0.29, 0.717) is 0 Å². The SMILES string of the molecule is Clc1ccccc1C(Br)c1cc(Br)sc1Br. The molecule has 1 aromatic carbocycles. The van der Waals surface area contributed by atoms with E-state index in [1.165, 1.54) is 5.56 Å². The van der Waals surface area contributed by atoms with E-state index in [1.807, 2.05) is 24.3 Å². The molecule has 0 saturated carbocycles. The molecule has 2 aromatic rings. The van der Waals surface area contributed by atoms with Crippen LogP contribution in [0.15, 0.2) is 37.9 Å². The molecule has 2 rings (SSSR count). The van der Waals surface area contributed by atoms with Gasteiger partial charge in [0.15, 0.2) is 0 Å². The maximum absolute atomic E-state index is 6.17. The van der Waals surface area contributed by atoms with Crippen LogP contribution >= 0.6 is 70.7 Å². The summed E-state index contributed by atoms with van der Waals surface area (Å²) in [4.78, 5) is 0.109. The number of halogens is 4. The lowest BCUT2D eigenvalue weighted by Crippen LogP contribution is -1.92. The zero-order valence-corrected chi connectivity index (χ0v) is 14.2. The summed E-state index contributed by atoms with van der Waals surface area (Å²) in [5.74, 6) is 0. The van der Waals surface area contributed by atoms with Crippen LogP contribution in [0.4, 0.5) is 0 Å². The lowest BCUT2D eigenvalue weighted by Gasteiger charge is -2.11. The largest absolute Gasteiger partial charge is 0.121 e. The van der Waals surface area contributed by atoms with E-state index in [2.05, 4.69) is 53.9 Å². The fourth-order valence-electron chi connectivity index (χ4n) is 1.37. The molecule has 5 heteroatoms. The molecule has 0 N–H and O–H groups in total. The molecule has 0 aliphatic rings. The number of benzene rings is 1. The van der Waals surface area contributed by atoms with Gasteiger partial charge in [-0.25, -0.2) is 0 Å². The number of thiophene rings is 1. The first-order chi connectivity index (χ1) is 7.59. The molecule has 0 amide bonds. The zero-order valence-electron chi connectivity index (χ0n) is 7.88. The molecule has 0 aliphatic heterocycles. The second kappa shape index (κ2) is 5.53. The Kier molecular flexibility index (Phi) is 4.52. The highest BCUT2D eigenvalue weighted by molar-refractivity contribution is 9.12. The normalized spacial score (nSPS) is 12.8. The van der Waals surface area contributed by atoms with Gasteiger partial charge in [0.25, 0.3) is 0 Å². The molecule has 0 fully saturated rings. The monoisotopic (exact) mass is 442 g/mol. The van der Waals surface area contributed by atoms with Crippen LogP contribution in [0.25, 0.3) is 0 Å². The standard InChI is InChI=1S/C11H6Br3ClS/c12-9-5-7(11(14)16-9)10(13)6-3-1-2-4-8(6)15/h1-5,10H. The third-order valence-corrected chi connectivity index (χ3v) is 5.85. The van der Waals surface area contributed by atoms with Crippen molar-refractivity contribution in [3.05, 3.63) is 54.1 Å². The minimum atomic E-state index is 0.109. The molecule has 1 heterocycles. The Bertz CT molecular complexity index is 510. The summed E-state index contributed by atoms with van der Waals surface area (Å²) >= 11 is 18.5. The van der Waals surface area contributed by atoms with Crippen molar-refractivity contribution in [3.63, 3.8) is 0 Å². The first-order valence-electron chi connectivity index (χ1n) is 4.43. The van der Waals surface area contributed by atoms with E-state index >= 15 is 0 Å². The molecular formula is C11H6Br3ClS. The van der Waals surface area contributed by atoms with Crippen molar-refractivity contribution in [2.24, 2.45) is 0 Å². The summed E-state index contributed by atoms with van der Waals surface area (Å²) in [5.41, 5.74) is 2.26. The zero-order chi connectivity index (χ0) is 11.7. The summed E-state index contributed by atoms with van der Waals surface area (Å²) in [5, 5.41) is 0.776. The van der Waals surface area contributed by atoms with E-state index in [4.69, 9.17) is 11.6 Å². The van der Waals surface area contributed by atoms with Crippen molar-refractivity contribution in [2.45, 2.75) is 4.83 Å². The van der Waals surface area contributed by atoms with Gasteiger partial charge >= 0.3 is 0 Å². The summed E-state index contributed by atoms with van der Waals surface area (Å²) in [6.07, 6.45) is 0. The molecule has 0 radical (unpaired) electrons. The summed E-state index contributed by atoms with van der Waals surface area (Å²) in [6.45, 7) is 0. The average Bonchev–Trinajstić information content (AvgIpc) is 2.58. The molecule has 84 valence electrons.